The molecule has 2 rings (SSSR count). The van der Waals surface area contributed by atoms with Gasteiger partial charge in [0.25, 0.3) is 0 Å². The number of hydrogen-bond acceptors (Lipinski definition) is 5. The number of nitrogens with zero attached hydrogens (tertiary/aromatic N) is 1. The van der Waals surface area contributed by atoms with Gasteiger partial charge in [0.05, 0.1) is 19.3 Å². The van der Waals surface area contributed by atoms with Gasteiger partial charge in [-0.2, -0.15) is 0 Å². The van der Waals surface area contributed by atoms with E-state index in [1.807, 2.05) is 6.08 Å². The zero-order valence-corrected chi connectivity index (χ0v) is 20.9. The first-order valence-corrected chi connectivity index (χ1v) is 13.6. The summed E-state index contributed by atoms with van der Waals surface area (Å²) in [6.07, 6.45) is 16.1. The third-order valence-corrected chi connectivity index (χ3v) is 7.08. The number of unbranched alkanes of at least 4 members (excludes halogenated alkanes) is 5. The number of morpholine rings is 1. The maximum atomic E-state index is 12.3. The van der Waals surface area contributed by atoms with Crippen LogP contribution in [0.3, 0.4) is 0 Å². The lowest BCUT2D eigenvalue weighted by Crippen LogP contribution is -2.38. The normalized spacial score (nSPS) is 22.8. The number of aliphatic hydroxyl groups is 1. The number of nitrogens with one attached hydrogen (secondary N) is 1. The van der Waals surface area contributed by atoms with E-state index in [4.69, 9.17) is 4.74 Å². The van der Waals surface area contributed by atoms with Gasteiger partial charge in [0.1, 0.15) is 5.78 Å². The number of aliphatic hydroxyl groups excluding tert-OH is 1. The van der Waals surface area contributed by atoms with Crippen molar-refractivity contribution < 1.29 is 19.4 Å². The van der Waals surface area contributed by atoms with Crippen molar-refractivity contribution >= 4 is 11.7 Å². The minimum atomic E-state index is -0.376. The molecule has 190 valence electrons. The largest absolute Gasteiger partial charge is 0.389 e. The zero-order chi connectivity index (χ0) is 23.7. The molecule has 1 saturated heterocycles. The maximum Gasteiger partial charge on any atom is 0.219 e. The third-order valence-electron chi connectivity index (χ3n) is 7.08. The maximum absolute atomic E-state index is 12.3. The number of carbonyl (C=O) groups excluding carboxylic acids is 2. The lowest BCUT2D eigenvalue weighted by Gasteiger charge is -2.26. The number of hydrogen-bond donors (Lipinski definition) is 2. The summed E-state index contributed by atoms with van der Waals surface area (Å²) in [6.45, 7) is 7.58. The SMILES string of the molecule is CCCCC[C@H](O)/C=C/[C@H]1CCC(=O)[C@@H]1CCCCCCC(=O)NCCCN1CCOCC1. The van der Waals surface area contributed by atoms with Crippen LogP contribution in [0.1, 0.15) is 90.4 Å². The average Bonchev–Trinajstić information content (AvgIpc) is 3.17. The molecule has 33 heavy (non-hydrogen) atoms. The van der Waals surface area contributed by atoms with E-state index in [0.29, 0.717) is 24.5 Å². The van der Waals surface area contributed by atoms with Crippen molar-refractivity contribution in [3.05, 3.63) is 12.2 Å². The predicted molar refractivity (Wildman–Crippen MR) is 133 cm³/mol. The Hall–Kier alpha value is -1.24. The first-order chi connectivity index (χ1) is 16.1. The van der Waals surface area contributed by atoms with Crippen LogP contribution in [0.25, 0.3) is 0 Å². The van der Waals surface area contributed by atoms with Gasteiger partial charge in [-0.3, -0.25) is 14.5 Å². The van der Waals surface area contributed by atoms with Crippen LogP contribution in [-0.4, -0.2) is 67.2 Å². The highest BCUT2D eigenvalue weighted by Crippen LogP contribution is 2.34. The fraction of sp³-hybridized carbons (Fsp3) is 0.852. The molecule has 0 bridgehead atoms. The highest BCUT2D eigenvalue weighted by atomic mass is 16.5. The minimum absolute atomic E-state index is 0.124. The molecule has 2 aliphatic rings. The van der Waals surface area contributed by atoms with Gasteiger partial charge < -0.3 is 15.2 Å². The lowest BCUT2D eigenvalue weighted by molar-refractivity contribution is -0.121. The molecule has 1 saturated carbocycles. The number of amides is 1. The van der Waals surface area contributed by atoms with Crippen molar-refractivity contribution in [2.75, 3.05) is 39.4 Å². The fourth-order valence-corrected chi connectivity index (χ4v) is 4.96. The van der Waals surface area contributed by atoms with E-state index in [9.17, 15) is 14.7 Å². The highest BCUT2D eigenvalue weighted by molar-refractivity contribution is 5.83. The number of allylic oxidation sites excluding steroid dienone is 1. The molecule has 0 spiro atoms. The fourth-order valence-electron chi connectivity index (χ4n) is 4.96. The summed E-state index contributed by atoms with van der Waals surface area (Å²) in [5.41, 5.74) is 0. The highest BCUT2D eigenvalue weighted by Gasteiger charge is 2.32. The molecule has 6 heteroatoms. The molecule has 1 heterocycles. The van der Waals surface area contributed by atoms with Gasteiger partial charge in [-0.05, 0) is 44.6 Å². The standard InChI is InChI=1S/C27H48N2O4/c1-2-3-6-10-24(30)15-13-23-14-16-26(31)25(23)11-7-4-5-8-12-27(32)28-17-9-18-29-19-21-33-22-20-29/h13,15,23-25,30H,2-12,14,16-22H2,1H3,(H,28,32)/b15-13+/t23-,24-,25+/m0/s1. The number of carbonyl (C=O) groups is 2. The number of ketones is 1. The Labute approximate surface area is 201 Å². The average molecular weight is 465 g/mol. The Morgan fingerprint density at radius 3 is 2.73 bits per heavy atom. The van der Waals surface area contributed by atoms with Gasteiger partial charge in [0.15, 0.2) is 0 Å². The van der Waals surface area contributed by atoms with E-state index in [2.05, 4.69) is 23.2 Å². The molecule has 0 aromatic rings. The summed E-state index contributed by atoms with van der Waals surface area (Å²) in [6, 6.07) is 0. The predicted octanol–water partition coefficient (Wildman–Crippen LogP) is 4.26. The van der Waals surface area contributed by atoms with E-state index >= 15 is 0 Å². The number of ether oxygens (including phenoxy) is 1. The molecule has 1 amide bonds. The van der Waals surface area contributed by atoms with Crippen LogP contribution in [-0.2, 0) is 14.3 Å². The van der Waals surface area contributed by atoms with Crippen LogP contribution in [0.4, 0.5) is 0 Å². The second-order valence-electron chi connectivity index (χ2n) is 9.83. The van der Waals surface area contributed by atoms with Crippen LogP contribution >= 0.6 is 0 Å². The van der Waals surface area contributed by atoms with Crippen molar-refractivity contribution in [3.8, 4) is 0 Å². The summed E-state index contributed by atoms with van der Waals surface area (Å²) < 4.78 is 5.35. The number of Topliss-reactive ketones (excluding diaryl/α,β-unsaturated/α-hetero) is 1. The van der Waals surface area contributed by atoms with Gasteiger partial charge in [-0.15, -0.1) is 0 Å². The Morgan fingerprint density at radius 2 is 1.94 bits per heavy atom. The quantitative estimate of drug-likeness (QED) is 0.248. The molecular formula is C27H48N2O4. The summed E-state index contributed by atoms with van der Waals surface area (Å²) in [5, 5.41) is 13.2. The molecule has 0 aromatic heterocycles. The van der Waals surface area contributed by atoms with Gasteiger partial charge in [0.2, 0.25) is 5.91 Å². The van der Waals surface area contributed by atoms with Crippen molar-refractivity contribution in [1.29, 1.82) is 0 Å². The lowest BCUT2D eigenvalue weighted by atomic mass is 9.89. The first-order valence-electron chi connectivity index (χ1n) is 13.6. The van der Waals surface area contributed by atoms with Gasteiger partial charge in [-0.25, -0.2) is 0 Å². The molecule has 2 N–H and O–H groups in total. The first kappa shape index (κ1) is 28.0. The van der Waals surface area contributed by atoms with E-state index in [-0.39, 0.29) is 17.9 Å². The summed E-state index contributed by atoms with van der Waals surface area (Å²) >= 11 is 0. The van der Waals surface area contributed by atoms with Crippen LogP contribution < -0.4 is 5.32 Å². The summed E-state index contributed by atoms with van der Waals surface area (Å²) in [4.78, 5) is 26.7. The van der Waals surface area contributed by atoms with Crippen LogP contribution in [0, 0.1) is 11.8 Å². The Morgan fingerprint density at radius 1 is 1.15 bits per heavy atom. The molecule has 0 radical (unpaired) electrons. The van der Waals surface area contributed by atoms with Gasteiger partial charge in [-0.1, -0.05) is 57.6 Å². The second-order valence-corrected chi connectivity index (χ2v) is 9.83. The summed E-state index contributed by atoms with van der Waals surface area (Å²) in [5.74, 6) is 0.965. The second kappa shape index (κ2) is 17.2. The third kappa shape index (κ3) is 12.2. The van der Waals surface area contributed by atoms with Crippen molar-refractivity contribution in [3.63, 3.8) is 0 Å². The van der Waals surface area contributed by atoms with Crippen LogP contribution in [0.15, 0.2) is 12.2 Å². The Kier molecular flexibility index (Phi) is 14.6. The monoisotopic (exact) mass is 464 g/mol. The zero-order valence-electron chi connectivity index (χ0n) is 20.9. The van der Waals surface area contributed by atoms with E-state index in [0.717, 1.165) is 110 Å². The van der Waals surface area contributed by atoms with Crippen molar-refractivity contribution in [2.24, 2.45) is 11.8 Å². The molecule has 0 unspecified atom stereocenters. The molecular weight excluding hydrogens is 416 g/mol. The van der Waals surface area contributed by atoms with E-state index in [1.54, 1.807) is 0 Å². The van der Waals surface area contributed by atoms with Crippen LogP contribution in [0.5, 0.6) is 0 Å². The minimum Gasteiger partial charge on any atom is -0.389 e. The van der Waals surface area contributed by atoms with Gasteiger partial charge in [0, 0.05) is 38.4 Å². The molecule has 0 aromatic carbocycles. The molecule has 3 atom stereocenters. The number of rotatable bonds is 17. The smallest absolute Gasteiger partial charge is 0.219 e. The Balaban J connectivity index is 1.49. The molecule has 6 nitrogen and oxygen atoms in total. The van der Waals surface area contributed by atoms with Crippen molar-refractivity contribution in [1.82, 2.24) is 10.2 Å². The summed E-state index contributed by atoms with van der Waals surface area (Å²) in [7, 11) is 0. The van der Waals surface area contributed by atoms with Gasteiger partial charge >= 0.3 is 0 Å². The molecule has 2 fully saturated rings. The topological polar surface area (TPSA) is 78.9 Å². The van der Waals surface area contributed by atoms with Crippen LogP contribution in [0.2, 0.25) is 0 Å². The molecule has 1 aliphatic carbocycles. The van der Waals surface area contributed by atoms with E-state index in [1.165, 1.54) is 0 Å². The van der Waals surface area contributed by atoms with Crippen molar-refractivity contribution in [2.45, 2.75) is 96.5 Å². The Bertz CT molecular complexity index is 574. The molecule has 1 aliphatic heterocycles. The van der Waals surface area contributed by atoms with E-state index < -0.39 is 0 Å².